The molecule has 0 saturated heterocycles. The molecule has 1 aromatic carbocycles. The normalized spacial score (nSPS) is 14.1. The van der Waals surface area contributed by atoms with Crippen molar-refractivity contribution in [2.24, 2.45) is 0 Å². The predicted molar refractivity (Wildman–Crippen MR) is 89.0 cm³/mol. The van der Waals surface area contributed by atoms with E-state index in [-0.39, 0.29) is 17.2 Å². The molecular weight excluding hydrogens is 284 g/mol. The van der Waals surface area contributed by atoms with Crippen LogP contribution in [0.2, 0.25) is 0 Å². The Balaban J connectivity index is 2.45. The molecule has 0 radical (unpaired) electrons. The lowest BCUT2D eigenvalue weighted by atomic mass is 9.79. The summed E-state index contributed by atoms with van der Waals surface area (Å²) in [5, 5.41) is 3.30. The summed E-state index contributed by atoms with van der Waals surface area (Å²) in [5.41, 5.74) is 1.37. The zero-order valence-electron chi connectivity index (χ0n) is 13.5. The molecule has 1 unspecified atom stereocenters. The van der Waals surface area contributed by atoms with Gasteiger partial charge in [-0.3, -0.25) is 0 Å². The summed E-state index contributed by atoms with van der Waals surface area (Å²) in [6.07, 6.45) is 0.957. The van der Waals surface area contributed by atoms with Crippen molar-refractivity contribution in [3.05, 3.63) is 35.9 Å². The minimum absolute atomic E-state index is 0.0637. The van der Waals surface area contributed by atoms with Gasteiger partial charge >= 0.3 is 0 Å². The molecule has 0 bridgehead atoms. The van der Waals surface area contributed by atoms with Crippen molar-refractivity contribution in [1.29, 1.82) is 0 Å². The van der Waals surface area contributed by atoms with Crippen LogP contribution in [0.3, 0.4) is 0 Å². The van der Waals surface area contributed by atoms with Crippen LogP contribution in [-0.2, 0) is 15.4 Å². The van der Waals surface area contributed by atoms with Crippen LogP contribution in [0.25, 0.3) is 0 Å². The third-order valence-electron chi connectivity index (χ3n) is 3.60. The lowest BCUT2D eigenvalue weighted by Crippen LogP contribution is -2.38. The molecule has 120 valence electrons. The van der Waals surface area contributed by atoms with Crippen LogP contribution < -0.4 is 10.0 Å². The van der Waals surface area contributed by atoms with Gasteiger partial charge < -0.3 is 5.32 Å². The predicted octanol–water partition coefficient (Wildman–Crippen LogP) is 2.27. The first-order valence-corrected chi connectivity index (χ1v) is 9.18. The lowest BCUT2D eigenvalue weighted by Gasteiger charge is -2.29. The highest BCUT2D eigenvalue weighted by molar-refractivity contribution is 7.89. The number of sulfonamides is 1. The van der Waals surface area contributed by atoms with Crippen LogP contribution in [0.4, 0.5) is 0 Å². The van der Waals surface area contributed by atoms with E-state index in [9.17, 15) is 8.42 Å². The van der Waals surface area contributed by atoms with Gasteiger partial charge in [0.1, 0.15) is 0 Å². The summed E-state index contributed by atoms with van der Waals surface area (Å²) < 4.78 is 25.6. The van der Waals surface area contributed by atoms with Crippen molar-refractivity contribution in [2.45, 2.75) is 45.6 Å². The molecular formula is C16H28N2O2S. The quantitative estimate of drug-likeness (QED) is 0.735. The summed E-state index contributed by atoms with van der Waals surface area (Å²) in [6.45, 7) is 9.24. The number of hydrogen-bond donors (Lipinski definition) is 2. The van der Waals surface area contributed by atoms with Gasteiger partial charge in [-0.15, -0.1) is 0 Å². The smallest absolute Gasteiger partial charge is 0.212 e. The maximum Gasteiger partial charge on any atom is 0.212 e. The maximum atomic E-state index is 11.6. The summed E-state index contributed by atoms with van der Waals surface area (Å²) >= 11 is 0. The molecule has 0 fully saturated rings. The minimum atomic E-state index is -3.14. The standard InChI is InChI=1S/C16H28N2O2S/c1-5-18-21(19,20)12-11-17-14(2)13-16(3,4)15-9-7-6-8-10-15/h6-10,14,17-18H,5,11-13H2,1-4H3. The number of nitrogens with one attached hydrogen (secondary N) is 2. The fourth-order valence-electron chi connectivity index (χ4n) is 2.58. The average Bonchev–Trinajstić information content (AvgIpc) is 2.38. The van der Waals surface area contributed by atoms with Crippen LogP contribution in [0.15, 0.2) is 30.3 Å². The molecule has 0 aromatic heterocycles. The maximum absolute atomic E-state index is 11.6. The molecule has 0 aliphatic heterocycles. The van der Waals surface area contributed by atoms with E-state index in [4.69, 9.17) is 0 Å². The van der Waals surface area contributed by atoms with Gasteiger partial charge in [-0.2, -0.15) is 0 Å². The molecule has 1 rings (SSSR count). The molecule has 21 heavy (non-hydrogen) atoms. The molecule has 0 saturated carbocycles. The molecule has 0 aliphatic carbocycles. The van der Waals surface area contributed by atoms with Gasteiger partial charge in [-0.1, -0.05) is 51.1 Å². The van der Waals surface area contributed by atoms with E-state index >= 15 is 0 Å². The van der Waals surface area contributed by atoms with Crippen LogP contribution in [0, 0.1) is 0 Å². The number of rotatable bonds is 9. The van der Waals surface area contributed by atoms with Crippen molar-refractivity contribution in [3.63, 3.8) is 0 Å². The van der Waals surface area contributed by atoms with Crippen LogP contribution in [-0.4, -0.2) is 33.3 Å². The Morgan fingerprint density at radius 3 is 2.38 bits per heavy atom. The fourth-order valence-corrected chi connectivity index (χ4v) is 3.55. The lowest BCUT2D eigenvalue weighted by molar-refractivity contribution is 0.394. The molecule has 1 atom stereocenters. The summed E-state index contributed by atoms with van der Waals surface area (Å²) in [6, 6.07) is 10.7. The van der Waals surface area contributed by atoms with Crippen molar-refractivity contribution >= 4 is 10.0 Å². The number of benzene rings is 1. The highest BCUT2D eigenvalue weighted by Gasteiger charge is 2.23. The Kier molecular flexibility index (Phi) is 6.84. The zero-order valence-corrected chi connectivity index (χ0v) is 14.3. The van der Waals surface area contributed by atoms with Gasteiger partial charge in [0.25, 0.3) is 0 Å². The van der Waals surface area contributed by atoms with Crippen molar-refractivity contribution in [3.8, 4) is 0 Å². The molecule has 0 heterocycles. The zero-order chi connectivity index (χ0) is 15.9. The van der Waals surface area contributed by atoms with E-state index in [0.717, 1.165) is 6.42 Å². The molecule has 4 nitrogen and oxygen atoms in total. The first kappa shape index (κ1) is 18.1. The highest BCUT2D eigenvalue weighted by atomic mass is 32.2. The number of hydrogen-bond acceptors (Lipinski definition) is 3. The van der Waals surface area contributed by atoms with Gasteiger partial charge in [0.05, 0.1) is 5.75 Å². The van der Waals surface area contributed by atoms with E-state index in [1.54, 1.807) is 6.92 Å². The Morgan fingerprint density at radius 2 is 1.81 bits per heavy atom. The Bertz CT molecular complexity index is 512. The van der Waals surface area contributed by atoms with Gasteiger partial charge in [0.15, 0.2) is 0 Å². The second-order valence-electron chi connectivity index (χ2n) is 6.13. The van der Waals surface area contributed by atoms with E-state index in [1.165, 1.54) is 5.56 Å². The van der Waals surface area contributed by atoms with Gasteiger partial charge in [-0.05, 0) is 24.3 Å². The summed E-state index contributed by atoms with van der Waals surface area (Å²) in [5.74, 6) is 0.122. The third-order valence-corrected chi connectivity index (χ3v) is 5.07. The van der Waals surface area contributed by atoms with Crippen molar-refractivity contribution in [1.82, 2.24) is 10.0 Å². The van der Waals surface area contributed by atoms with Crippen molar-refractivity contribution < 1.29 is 8.42 Å². The third kappa shape index (κ3) is 6.59. The van der Waals surface area contributed by atoms with Crippen LogP contribution in [0.1, 0.15) is 39.7 Å². The molecule has 0 aliphatic rings. The van der Waals surface area contributed by atoms with E-state index in [1.807, 2.05) is 6.07 Å². The molecule has 5 heteroatoms. The Labute approximate surface area is 129 Å². The average molecular weight is 312 g/mol. The highest BCUT2D eigenvalue weighted by Crippen LogP contribution is 2.27. The van der Waals surface area contributed by atoms with Gasteiger partial charge in [-0.25, -0.2) is 13.1 Å². The molecule has 0 spiro atoms. The van der Waals surface area contributed by atoms with E-state index < -0.39 is 10.0 Å². The van der Waals surface area contributed by atoms with Crippen LogP contribution in [0.5, 0.6) is 0 Å². The second kappa shape index (κ2) is 7.92. The largest absolute Gasteiger partial charge is 0.313 e. The second-order valence-corrected chi connectivity index (χ2v) is 8.05. The first-order chi connectivity index (χ1) is 9.77. The Morgan fingerprint density at radius 1 is 1.19 bits per heavy atom. The Hall–Kier alpha value is -0.910. The van der Waals surface area contributed by atoms with Gasteiger partial charge in [0, 0.05) is 19.1 Å². The first-order valence-electron chi connectivity index (χ1n) is 7.53. The van der Waals surface area contributed by atoms with Crippen LogP contribution >= 0.6 is 0 Å². The van der Waals surface area contributed by atoms with Crippen molar-refractivity contribution in [2.75, 3.05) is 18.8 Å². The SMILES string of the molecule is CCNS(=O)(=O)CCNC(C)CC(C)(C)c1ccccc1. The van der Waals surface area contributed by atoms with E-state index in [2.05, 4.69) is 55.1 Å². The fraction of sp³-hybridized carbons (Fsp3) is 0.625. The molecule has 0 amide bonds. The van der Waals surface area contributed by atoms with E-state index in [0.29, 0.717) is 13.1 Å². The molecule has 2 N–H and O–H groups in total. The summed E-state index contributed by atoms with van der Waals surface area (Å²) in [4.78, 5) is 0. The molecule has 1 aromatic rings. The monoisotopic (exact) mass is 312 g/mol. The topological polar surface area (TPSA) is 58.2 Å². The minimum Gasteiger partial charge on any atom is -0.313 e. The van der Waals surface area contributed by atoms with Gasteiger partial charge in [0.2, 0.25) is 10.0 Å². The summed E-state index contributed by atoms with van der Waals surface area (Å²) in [7, 11) is -3.14.